The van der Waals surface area contributed by atoms with E-state index in [2.05, 4.69) is 16.0 Å². The molecule has 0 saturated heterocycles. The summed E-state index contributed by atoms with van der Waals surface area (Å²) in [5.41, 5.74) is 0.286. The Kier molecular flexibility index (Phi) is 5.92. The zero-order valence-electron chi connectivity index (χ0n) is 14.0. The van der Waals surface area contributed by atoms with Crippen LogP contribution in [0.3, 0.4) is 0 Å². The van der Waals surface area contributed by atoms with Crippen molar-refractivity contribution in [2.75, 3.05) is 30.9 Å². The van der Waals surface area contributed by atoms with Gasteiger partial charge in [0.2, 0.25) is 17.7 Å². The van der Waals surface area contributed by atoms with Crippen LogP contribution in [-0.4, -0.2) is 38.0 Å². The van der Waals surface area contributed by atoms with E-state index in [1.54, 1.807) is 31.4 Å². The minimum Gasteiger partial charge on any atom is -0.385 e. The second-order valence-corrected chi connectivity index (χ2v) is 5.90. The lowest BCUT2D eigenvalue weighted by atomic mass is 10.0. The van der Waals surface area contributed by atoms with Crippen LogP contribution < -0.4 is 16.0 Å². The van der Waals surface area contributed by atoms with Crippen molar-refractivity contribution in [1.29, 1.82) is 0 Å². The Bertz CT molecular complexity index is 609. The summed E-state index contributed by atoms with van der Waals surface area (Å²) in [6, 6.07) is 6.77. The van der Waals surface area contributed by atoms with Gasteiger partial charge < -0.3 is 20.7 Å². The number of ether oxygens (including phenoxy) is 1. The fourth-order valence-electron chi connectivity index (χ4n) is 2.36. The predicted octanol–water partition coefficient (Wildman–Crippen LogP) is 1.52. The van der Waals surface area contributed by atoms with E-state index in [-0.39, 0.29) is 17.7 Å². The lowest BCUT2D eigenvalue weighted by Gasteiger charge is -2.15. The van der Waals surface area contributed by atoms with Crippen LogP contribution in [0.2, 0.25) is 0 Å². The third kappa shape index (κ3) is 4.55. The number of anilines is 2. The molecule has 1 saturated carbocycles. The molecule has 1 aromatic carbocycles. The van der Waals surface area contributed by atoms with Crippen molar-refractivity contribution in [1.82, 2.24) is 5.32 Å². The fourth-order valence-corrected chi connectivity index (χ4v) is 2.36. The standard InChI is InChI=1S/C17H23N3O4/c1-12(21)19-13-4-6-14(7-5-13)20-16(23)17(8-9-17)15(22)18-10-3-11-24-2/h4-7H,3,8-11H2,1-2H3,(H,18,22)(H,19,21)(H,20,23). The first-order chi connectivity index (χ1) is 11.5. The third-order valence-electron chi connectivity index (χ3n) is 3.89. The van der Waals surface area contributed by atoms with Crippen molar-refractivity contribution in [2.24, 2.45) is 5.41 Å². The molecule has 3 amide bonds. The quantitative estimate of drug-likeness (QED) is 0.496. The van der Waals surface area contributed by atoms with Crippen molar-refractivity contribution >= 4 is 29.1 Å². The second-order valence-electron chi connectivity index (χ2n) is 5.90. The molecule has 1 fully saturated rings. The molecule has 3 N–H and O–H groups in total. The normalized spacial score (nSPS) is 14.6. The SMILES string of the molecule is COCCCNC(=O)C1(C(=O)Nc2ccc(NC(C)=O)cc2)CC1. The van der Waals surface area contributed by atoms with Gasteiger partial charge in [0.15, 0.2) is 0 Å². The molecule has 0 heterocycles. The minimum absolute atomic E-state index is 0.158. The van der Waals surface area contributed by atoms with E-state index >= 15 is 0 Å². The number of nitrogens with one attached hydrogen (secondary N) is 3. The number of amides is 3. The van der Waals surface area contributed by atoms with E-state index in [0.29, 0.717) is 43.8 Å². The number of hydrogen-bond donors (Lipinski definition) is 3. The predicted molar refractivity (Wildman–Crippen MR) is 90.5 cm³/mol. The number of carbonyl (C=O) groups excluding carboxylic acids is 3. The average Bonchev–Trinajstić information content (AvgIpc) is 3.34. The van der Waals surface area contributed by atoms with Gasteiger partial charge in [-0.2, -0.15) is 0 Å². The molecule has 1 aliphatic carbocycles. The lowest BCUT2D eigenvalue weighted by Crippen LogP contribution is -2.40. The van der Waals surface area contributed by atoms with E-state index in [1.165, 1.54) is 6.92 Å². The van der Waals surface area contributed by atoms with E-state index in [4.69, 9.17) is 4.74 Å². The van der Waals surface area contributed by atoms with Crippen molar-refractivity contribution in [3.05, 3.63) is 24.3 Å². The highest BCUT2D eigenvalue weighted by atomic mass is 16.5. The molecule has 1 aliphatic rings. The van der Waals surface area contributed by atoms with Gasteiger partial charge in [-0.3, -0.25) is 14.4 Å². The smallest absolute Gasteiger partial charge is 0.240 e. The van der Waals surface area contributed by atoms with Crippen LogP contribution >= 0.6 is 0 Å². The molecule has 0 bridgehead atoms. The molecule has 0 spiro atoms. The maximum absolute atomic E-state index is 12.4. The number of benzene rings is 1. The van der Waals surface area contributed by atoms with Crippen LogP contribution in [0.1, 0.15) is 26.2 Å². The molecule has 2 rings (SSSR count). The van der Waals surface area contributed by atoms with Gasteiger partial charge in [0.25, 0.3) is 0 Å². The van der Waals surface area contributed by atoms with Crippen molar-refractivity contribution < 1.29 is 19.1 Å². The zero-order valence-corrected chi connectivity index (χ0v) is 14.0. The summed E-state index contributed by atoms with van der Waals surface area (Å²) in [4.78, 5) is 35.6. The van der Waals surface area contributed by atoms with Crippen LogP contribution in [0, 0.1) is 5.41 Å². The average molecular weight is 333 g/mol. The zero-order chi connectivity index (χ0) is 17.6. The first-order valence-corrected chi connectivity index (χ1v) is 7.94. The van der Waals surface area contributed by atoms with E-state index < -0.39 is 5.41 Å². The van der Waals surface area contributed by atoms with Crippen molar-refractivity contribution in [3.63, 3.8) is 0 Å². The summed E-state index contributed by atoms with van der Waals surface area (Å²) in [6.45, 7) is 2.49. The first kappa shape index (κ1) is 17.9. The molecule has 0 aromatic heterocycles. The van der Waals surface area contributed by atoms with Crippen LogP contribution in [0.25, 0.3) is 0 Å². The van der Waals surface area contributed by atoms with E-state index in [0.717, 1.165) is 0 Å². The molecule has 0 radical (unpaired) electrons. The summed E-state index contributed by atoms with van der Waals surface area (Å²) in [5.74, 6) is -0.682. The summed E-state index contributed by atoms with van der Waals surface area (Å²) in [7, 11) is 1.61. The van der Waals surface area contributed by atoms with E-state index in [9.17, 15) is 14.4 Å². The summed E-state index contributed by atoms with van der Waals surface area (Å²) >= 11 is 0. The molecule has 0 aliphatic heterocycles. The van der Waals surface area contributed by atoms with Crippen molar-refractivity contribution in [2.45, 2.75) is 26.2 Å². The maximum atomic E-state index is 12.4. The van der Waals surface area contributed by atoms with Crippen LogP contribution in [0.15, 0.2) is 24.3 Å². The Morgan fingerprint density at radius 2 is 1.62 bits per heavy atom. The molecule has 130 valence electrons. The van der Waals surface area contributed by atoms with Gasteiger partial charge in [0.1, 0.15) is 5.41 Å². The Morgan fingerprint density at radius 3 is 2.12 bits per heavy atom. The van der Waals surface area contributed by atoms with Gasteiger partial charge >= 0.3 is 0 Å². The molecular formula is C17H23N3O4. The fraction of sp³-hybridized carbons (Fsp3) is 0.471. The monoisotopic (exact) mass is 333 g/mol. The number of carbonyl (C=O) groups is 3. The number of hydrogen-bond acceptors (Lipinski definition) is 4. The lowest BCUT2D eigenvalue weighted by molar-refractivity contribution is -0.134. The van der Waals surface area contributed by atoms with Crippen LogP contribution in [0.4, 0.5) is 11.4 Å². The van der Waals surface area contributed by atoms with Gasteiger partial charge in [0, 0.05) is 38.6 Å². The Morgan fingerprint density at radius 1 is 1.04 bits per heavy atom. The van der Waals surface area contributed by atoms with Crippen LogP contribution in [0.5, 0.6) is 0 Å². The highest BCUT2D eigenvalue weighted by molar-refractivity contribution is 6.13. The minimum atomic E-state index is -0.955. The van der Waals surface area contributed by atoms with Gasteiger partial charge in [-0.05, 0) is 43.5 Å². The first-order valence-electron chi connectivity index (χ1n) is 7.94. The number of methoxy groups -OCH3 is 1. The molecule has 0 atom stereocenters. The van der Waals surface area contributed by atoms with E-state index in [1.807, 2.05) is 0 Å². The molecule has 24 heavy (non-hydrogen) atoms. The van der Waals surface area contributed by atoms with Gasteiger partial charge in [-0.1, -0.05) is 0 Å². The summed E-state index contributed by atoms with van der Waals surface area (Å²) in [6.07, 6.45) is 1.82. The molecule has 1 aromatic rings. The molecule has 0 unspecified atom stereocenters. The highest BCUT2D eigenvalue weighted by Gasteiger charge is 2.56. The molecule has 7 nitrogen and oxygen atoms in total. The van der Waals surface area contributed by atoms with Gasteiger partial charge in [-0.25, -0.2) is 0 Å². The van der Waals surface area contributed by atoms with Gasteiger partial charge in [-0.15, -0.1) is 0 Å². The second kappa shape index (κ2) is 7.92. The maximum Gasteiger partial charge on any atom is 0.240 e. The molecular weight excluding hydrogens is 310 g/mol. The topological polar surface area (TPSA) is 96.5 Å². The Labute approximate surface area is 141 Å². The largest absolute Gasteiger partial charge is 0.385 e. The number of rotatable bonds is 8. The van der Waals surface area contributed by atoms with Crippen LogP contribution in [-0.2, 0) is 19.1 Å². The molecule has 7 heteroatoms. The summed E-state index contributed by atoms with van der Waals surface area (Å²) in [5, 5.41) is 8.21. The highest BCUT2D eigenvalue weighted by Crippen LogP contribution is 2.46. The van der Waals surface area contributed by atoms with Gasteiger partial charge in [0.05, 0.1) is 0 Å². The Hall–Kier alpha value is -2.41. The Balaban J connectivity index is 1.89. The summed E-state index contributed by atoms with van der Waals surface area (Å²) < 4.78 is 4.93. The van der Waals surface area contributed by atoms with Crippen molar-refractivity contribution in [3.8, 4) is 0 Å². The third-order valence-corrected chi connectivity index (χ3v) is 3.89.